The van der Waals surface area contributed by atoms with Crippen molar-refractivity contribution in [3.05, 3.63) is 39.4 Å². The molecule has 1 aliphatic rings. The Hall–Kier alpha value is -1.91. The van der Waals surface area contributed by atoms with Crippen molar-refractivity contribution >= 4 is 5.78 Å². The Morgan fingerprint density at radius 1 is 1.50 bits per heavy atom. The number of ether oxygens (including phenoxy) is 1. The lowest BCUT2D eigenvalue weighted by Crippen LogP contribution is -2.34. The molecule has 1 aromatic carbocycles. The lowest BCUT2D eigenvalue weighted by molar-refractivity contribution is -0.506. The smallest absolute Gasteiger partial charge is 0.275 e. The van der Waals surface area contributed by atoms with Gasteiger partial charge in [-0.2, -0.15) is 0 Å². The molecule has 2 rings (SSSR count). The second kappa shape index (κ2) is 3.92. The first-order valence-electron chi connectivity index (χ1n) is 4.98. The third-order valence-electron chi connectivity index (χ3n) is 2.84. The van der Waals surface area contributed by atoms with E-state index in [2.05, 4.69) is 0 Å². The molecule has 0 spiro atoms. The lowest BCUT2D eigenvalue weighted by Gasteiger charge is -2.19. The lowest BCUT2D eigenvalue weighted by atomic mass is 9.87. The Morgan fingerprint density at radius 2 is 2.25 bits per heavy atom. The zero-order valence-electron chi connectivity index (χ0n) is 8.80. The highest BCUT2D eigenvalue weighted by molar-refractivity contribution is 6.02. The summed E-state index contributed by atoms with van der Waals surface area (Å²) in [7, 11) is 1.53. The van der Waals surface area contributed by atoms with Gasteiger partial charge in [-0.15, -0.1) is 0 Å². The maximum atomic E-state index is 11.8. The number of rotatable bonds is 2. The highest BCUT2D eigenvalue weighted by atomic mass is 16.6. The predicted octanol–water partition coefficient (Wildman–Crippen LogP) is 1.47. The van der Waals surface area contributed by atoms with Gasteiger partial charge in [0.25, 0.3) is 6.04 Å². The molecule has 1 aliphatic carbocycles. The Kier molecular flexibility index (Phi) is 2.60. The van der Waals surface area contributed by atoms with Crippen molar-refractivity contribution in [2.75, 3.05) is 7.11 Å². The molecule has 0 N–H and O–H groups in total. The molecule has 16 heavy (non-hydrogen) atoms. The first-order chi connectivity index (χ1) is 7.65. The monoisotopic (exact) mass is 221 g/mol. The number of benzene rings is 1. The van der Waals surface area contributed by atoms with Gasteiger partial charge in [0.1, 0.15) is 5.75 Å². The largest absolute Gasteiger partial charge is 0.496 e. The molecule has 5 nitrogen and oxygen atoms in total. The van der Waals surface area contributed by atoms with Crippen molar-refractivity contribution in [1.29, 1.82) is 0 Å². The van der Waals surface area contributed by atoms with Crippen LogP contribution in [0.15, 0.2) is 18.2 Å². The van der Waals surface area contributed by atoms with Gasteiger partial charge < -0.3 is 4.74 Å². The molecule has 0 aliphatic heterocycles. The Bertz CT molecular complexity index is 455. The van der Waals surface area contributed by atoms with Gasteiger partial charge in [-0.05, 0) is 12.5 Å². The van der Waals surface area contributed by atoms with E-state index in [0.717, 1.165) is 5.56 Å². The number of Topliss-reactive ketones (excluding diaryl/α,β-unsaturated/α-hetero) is 1. The maximum Gasteiger partial charge on any atom is 0.275 e. The normalized spacial score (nSPS) is 19.1. The second-order valence-corrected chi connectivity index (χ2v) is 3.69. The van der Waals surface area contributed by atoms with Crippen LogP contribution in [0.5, 0.6) is 5.75 Å². The van der Waals surface area contributed by atoms with Gasteiger partial charge in [0.05, 0.1) is 7.11 Å². The van der Waals surface area contributed by atoms with E-state index in [4.69, 9.17) is 4.74 Å². The van der Waals surface area contributed by atoms with Crippen molar-refractivity contribution < 1.29 is 14.5 Å². The average molecular weight is 221 g/mol. The molecule has 0 bridgehead atoms. The van der Waals surface area contributed by atoms with E-state index in [1.165, 1.54) is 7.11 Å². The van der Waals surface area contributed by atoms with E-state index in [1.54, 1.807) is 18.2 Å². The number of fused-ring (bicyclic) bond motifs is 1. The van der Waals surface area contributed by atoms with E-state index in [-0.39, 0.29) is 6.42 Å². The number of hydrogen-bond acceptors (Lipinski definition) is 4. The van der Waals surface area contributed by atoms with Gasteiger partial charge >= 0.3 is 0 Å². The first kappa shape index (κ1) is 10.6. The zero-order chi connectivity index (χ0) is 11.7. The molecule has 0 aromatic heterocycles. The summed E-state index contributed by atoms with van der Waals surface area (Å²) in [6.45, 7) is 0. The molecular weight excluding hydrogens is 210 g/mol. The van der Waals surface area contributed by atoms with Crippen LogP contribution in [0.1, 0.15) is 22.3 Å². The minimum Gasteiger partial charge on any atom is -0.496 e. The minimum atomic E-state index is -1.10. The van der Waals surface area contributed by atoms with E-state index in [9.17, 15) is 14.9 Å². The molecule has 1 unspecified atom stereocenters. The summed E-state index contributed by atoms with van der Waals surface area (Å²) in [5.41, 5.74) is 1.21. The van der Waals surface area contributed by atoms with E-state index in [1.807, 2.05) is 0 Å². The van der Waals surface area contributed by atoms with Crippen LogP contribution >= 0.6 is 0 Å². The Morgan fingerprint density at radius 3 is 2.88 bits per heavy atom. The van der Waals surface area contributed by atoms with Crippen LogP contribution < -0.4 is 4.74 Å². The van der Waals surface area contributed by atoms with Crippen molar-refractivity contribution in [3.63, 3.8) is 0 Å². The summed E-state index contributed by atoms with van der Waals surface area (Å²) in [5.74, 6) is 0.220. The summed E-state index contributed by atoms with van der Waals surface area (Å²) in [6.07, 6.45) is 0.760. The number of nitro groups is 1. The van der Waals surface area contributed by atoms with Gasteiger partial charge in [-0.1, -0.05) is 12.1 Å². The summed E-state index contributed by atoms with van der Waals surface area (Å²) >= 11 is 0. The van der Waals surface area contributed by atoms with Crippen LogP contribution in [-0.4, -0.2) is 23.9 Å². The SMILES string of the molecule is COc1cccc2c1CCC([N+](=O)[O-])C2=O. The van der Waals surface area contributed by atoms with Crippen molar-refractivity contribution in [3.8, 4) is 5.75 Å². The topological polar surface area (TPSA) is 69.4 Å². The number of hydrogen-bond donors (Lipinski definition) is 0. The van der Waals surface area contributed by atoms with Crippen LogP contribution in [-0.2, 0) is 6.42 Å². The fourth-order valence-electron chi connectivity index (χ4n) is 2.04. The fourth-order valence-corrected chi connectivity index (χ4v) is 2.04. The second-order valence-electron chi connectivity index (χ2n) is 3.69. The molecule has 0 heterocycles. The van der Waals surface area contributed by atoms with Crippen molar-refractivity contribution in [2.45, 2.75) is 18.9 Å². The fraction of sp³-hybridized carbons (Fsp3) is 0.364. The molecule has 0 saturated heterocycles. The average Bonchev–Trinajstić information content (AvgIpc) is 2.28. The minimum absolute atomic E-state index is 0.249. The summed E-state index contributed by atoms with van der Waals surface area (Å²) in [6, 6.07) is 3.96. The van der Waals surface area contributed by atoms with Crippen molar-refractivity contribution in [2.24, 2.45) is 0 Å². The van der Waals surface area contributed by atoms with Crippen LogP contribution in [0.4, 0.5) is 0 Å². The van der Waals surface area contributed by atoms with Crippen LogP contribution in [0.25, 0.3) is 0 Å². The van der Waals surface area contributed by atoms with E-state index < -0.39 is 16.7 Å². The zero-order valence-corrected chi connectivity index (χ0v) is 8.80. The van der Waals surface area contributed by atoms with E-state index >= 15 is 0 Å². The number of nitrogens with zero attached hydrogens (tertiary/aromatic N) is 1. The summed E-state index contributed by atoms with van der Waals surface area (Å²) in [4.78, 5) is 22.0. The molecular formula is C11H11NO4. The van der Waals surface area contributed by atoms with Gasteiger partial charge in [0, 0.05) is 22.5 Å². The summed E-state index contributed by atoms with van der Waals surface area (Å²) < 4.78 is 5.13. The molecule has 0 amide bonds. The number of methoxy groups -OCH3 is 1. The predicted molar refractivity (Wildman–Crippen MR) is 56.4 cm³/mol. The molecule has 84 valence electrons. The number of carbonyl (C=O) groups is 1. The first-order valence-corrected chi connectivity index (χ1v) is 4.98. The number of ketones is 1. The Labute approximate surface area is 92.2 Å². The van der Waals surface area contributed by atoms with E-state index in [0.29, 0.717) is 17.7 Å². The van der Waals surface area contributed by atoms with Gasteiger partial charge in [-0.3, -0.25) is 14.9 Å². The van der Waals surface area contributed by atoms with Crippen LogP contribution in [0, 0.1) is 10.1 Å². The molecule has 0 saturated carbocycles. The molecule has 5 heteroatoms. The summed E-state index contributed by atoms with van der Waals surface area (Å²) in [5, 5.41) is 10.7. The molecule has 0 fully saturated rings. The quantitative estimate of drug-likeness (QED) is 0.560. The molecule has 1 aromatic rings. The Balaban J connectivity index is 2.46. The third-order valence-corrected chi connectivity index (χ3v) is 2.84. The highest BCUT2D eigenvalue weighted by Crippen LogP contribution is 2.30. The maximum absolute atomic E-state index is 11.8. The number of carbonyl (C=O) groups excluding carboxylic acids is 1. The molecule has 0 radical (unpaired) electrons. The molecule has 1 atom stereocenters. The highest BCUT2D eigenvalue weighted by Gasteiger charge is 2.36. The van der Waals surface area contributed by atoms with Crippen LogP contribution in [0.2, 0.25) is 0 Å². The van der Waals surface area contributed by atoms with Gasteiger partial charge in [0.15, 0.2) is 0 Å². The van der Waals surface area contributed by atoms with Gasteiger partial charge in [-0.25, -0.2) is 0 Å². The standard InChI is InChI=1S/C11H11NO4/c1-16-10-4-2-3-8-7(10)5-6-9(11(8)13)12(14)15/h2-4,9H,5-6H2,1H3. The van der Waals surface area contributed by atoms with Crippen LogP contribution in [0.3, 0.4) is 0 Å². The van der Waals surface area contributed by atoms with Gasteiger partial charge in [0.2, 0.25) is 5.78 Å². The van der Waals surface area contributed by atoms with Crippen molar-refractivity contribution in [1.82, 2.24) is 0 Å². The third kappa shape index (κ3) is 1.54.